The second-order valence-electron chi connectivity index (χ2n) is 11.3. The number of hydrogen-bond donors (Lipinski definition) is 3. The van der Waals surface area contributed by atoms with Gasteiger partial charge in [-0.1, -0.05) is 25.2 Å². The average Bonchev–Trinajstić information content (AvgIpc) is 3.47. The second-order valence-corrected chi connectivity index (χ2v) is 12.3. The Labute approximate surface area is 264 Å². The Kier molecular flexibility index (Phi) is 12.4. The number of carbonyl (C=O) groups excluding carboxylic acids is 2. The largest absolute Gasteiger partial charge is 0.493 e. The highest BCUT2D eigenvalue weighted by Gasteiger charge is 2.22. The number of aromatic nitrogens is 1. The van der Waals surface area contributed by atoms with Crippen LogP contribution < -0.4 is 25.4 Å². The molecule has 44 heavy (non-hydrogen) atoms. The van der Waals surface area contributed by atoms with Crippen LogP contribution in [-0.2, 0) is 11.3 Å². The summed E-state index contributed by atoms with van der Waals surface area (Å²) in [6.45, 7) is 11.7. The molecule has 4 rings (SSSR count). The van der Waals surface area contributed by atoms with Crippen LogP contribution in [-0.4, -0.2) is 60.7 Å². The average molecular weight is 624 g/mol. The number of rotatable bonds is 14. The molecule has 0 saturated carbocycles. The van der Waals surface area contributed by atoms with Gasteiger partial charge in [0.05, 0.1) is 19.4 Å². The topological polar surface area (TPSA) is 114 Å². The number of benzene rings is 2. The van der Waals surface area contributed by atoms with Crippen molar-refractivity contribution in [1.29, 1.82) is 0 Å². The Morgan fingerprint density at radius 2 is 1.86 bits per heavy atom. The van der Waals surface area contributed by atoms with Crippen LogP contribution in [0.15, 0.2) is 48.7 Å². The van der Waals surface area contributed by atoms with E-state index in [4.69, 9.17) is 14.2 Å². The molecule has 0 spiro atoms. The van der Waals surface area contributed by atoms with Gasteiger partial charge in [0.15, 0.2) is 5.13 Å². The van der Waals surface area contributed by atoms with E-state index in [-0.39, 0.29) is 24.6 Å². The lowest BCUT2D eigenvalue weighted by Gasteiger charge is -2.35. The fourth-order valence-electron chi connectivity index (χ4n) is 5.13. The first-order chi connectivity index (χ1) is 21.3. The van der Waals surface area contributed by atoms with Crippen molar-refractivity contribution in [3.8, 4) is 16.6 Å². The fraction of sp³-hybridized carbons (Fsp3) is 0.485. The number of urea groups is 1. The molecule has 0 bridgehead atoms. The van der Waals surface area contributed by atoms with E-state index in [0.717, 1.165) is 37.2 Å². The van der Waals surface area contributed by atoms with Crippen molar-refractivity contribution in [1.82, 2.24) is 15.2 Å². The molecule has 0 radical (unpaired) electrons. The standard InChI is InChI=1S/C33H45N5O5S/c1-6-26(7-2)35-32(40)36-27-12-15-29(25(17-27)21-41-5)43-30-18-34-33(44-30)37-31(39)24-10-13-28(14-11-24)42-20-23-9-8-16-38(19-23)22(3)4/h10-15,17-18,22-23,26H,6-9,16,19-21H2,1-5H3,(H,34,37,39)(H2,35,36,40). The van der Waals surface area contributed by atoms with Crippen LogP contribution in [0.25, 0.3) is 0 Å². The van der Waals surface area contributed by atoms with Gasteiger partial charge in [0, 0.05) is 48.5 Å². The van der Waals surface area contributed by atoms with Crippen LogP contribution in [0, 0.1) is 5.92 Å². The molecule has 238 valence electrons. The van der Waals surface area contributed by atoms with Crippen molar-refractivity contribution < 1.29 is 23.8 Å². The van der Waals surface area contributed by atoms with Crippen LogP contribution in [0.4, 0.5) is 15.6 Å². The zero-order valence-electron chi connectivity index (χ0n) is 26.4. The second kappa shape index (κ2) is 16.4. The Morgan fingerprint density at radius 3 is 2.57 bits per heavy atom. The van der Waals surface area contributed by atoms with E-state index in [1.165, 1.54) is 24.2 Å². The molecule has 1 fully saturated rings. The van der Waals surface area contributed by atoms with Gasteiger partial charge in [-0.2, -0.15) is 0 Å². The number of amides is 3. The van der Waals surface area contributed by atoms with Gasteiger partial charge in [0.2, 0.25) is 5.06 Å². The Morgan fingerprint density at radius 1 is 1.09 bits per heavy atom. The number of thiazole rings is 1. The van der Waals surface area contributed by atoms with Crippen LogP contribution in [0.3, 0.4) is 0 Å². The number of carbonyl (C=O) groups is 2. The Hall–Kier alpha value is -3.67. The summed E-state index contributed by atoms with van der Waals surface area (Å²) < 4.78 is 17.5. The van der Waals surface area contributed by atoms with Crippen molar-refractivity contribution in [2.75, 3.05) is 37.4 Å². The van der Waals surface area contributed by atoms with Crippen LogP contribution in [0.2, 0.25) is 0 Å². The lowest BCUT2D eigenvalue weighted by Crippen LogP contribution is -2.41. The molecule has 2 heterocycles. The first-order valence-corrected chi connectivity index (χ1v) is 16.2. The minimum Gasteiger partial charge on any atom is -0.493 e. The highest BCUT2D eigenvalue weighted by Crippen LogP contribution is 2.34. The number of nitrogens with one attached hydrogen (secondary N) is 3. The number of nitrogens with zero attached hydrogens (tertiary/aromatic N) is 2. The normalized spacial score (nSPS) is 15.3. The Balaban J connectivity index is 1.30. The summed E-state index contributed by atoms with van der Waals surface area (Å²) in [6, 6.07) is 13.0. The molecule has 3 N–H and O–H groups in total. The van der Waals surface area contributed by atoms with Gasteiger partial charge in [-0.25, -0.2) is 9.78 Å². The first kappa shape index (κ1) is 33.2. The third-order valence-corrected chi connectivity index (χ3v) is 8.53. The van der Waals surface area contributed by atoms with Crippen molar-refractivity contribution in [3.63, 3.8) is 0 Å². The third kappa shape index (κ3) is 9.67. The van der Waals surface area contributed by atoms with Crippen molar-refractivity contribution in [3.05, 3.63) is 59.8 Å². The fourth-order valence-corrected chi connectivity index (χ4v) is 5.81. The highest BCUT2D eigenvalue weighted by molar-refractivity contribution is 7.17. The summed E-state index contributed by atoms with van der Waals surface area (Å²) in [5.41, 5.74) is 1.90. The molecule has 1 saturated heterocycles. The van der Waals surface area contributed by atoms with Crippen LogP contribution in [0.1, 0.15) is 69.3 Å². The van der Waals surface area contributed by atoms with E-state index in [2.05, 4.69) is 39.7 Å². The maximum absolute atomic E-state index is 12.9. The van der Waals surface area contributed by atoms with Gasteiger partial charge in [-0.3, -0.25) is 10.1 Å². The van der Waals surface area contributed by atoms with Gasteiger partial charge < -0.3 is 29.7 Å². The molecule has 1 unspecified atom stereocenters. The predicted molar refractivity (Wildman–Crippen MR) is 175 cm³/mol. The van der Waals surface area contributed by atoms with Crippen LogP contribution >= 0.6 is 11.3 Å². The van der Waals surface area contributed by atoms with Crippen molar-refractivity contribution in [2.45, 2.75) is 72.1 Å². The van der Waals surface area contributed by atoms with Gasteiger partial charge in [-0.05, 0) is 88.5 Å². The van der Waals surface area contributed by atoms with E-state index in [0.29, 0.717) is 45.8 Å². The molecule has 3 amide bonds. The molecule has 1 aliphatic rings. The maximum atomic E-state index is 12.9. The molecule has 3 aromatic rings. The molecular formula is C33H45N5O5S. The smallest absolute Gasteiger partial charge is 0.319 e. The molecular weight excluding hydrogens is 578 g/mol. The van der Waals surface area contributed by atoms with Crippen molar-refractivity contribution in [2.24, 2.45) is 5.92 Å². The number of anilines is 2. The minimum atomic E-state index is -0.264. The zero-order valence-corrected chi connectivity index (χ0v) is 27.2. The number of hydrogen-bond acceptors (Lipinski definition) is 8. The molecule has 1 aliphatic heterocycles. The minimum absolute atomic E-state index is 0.123. The first-order valence-electron chi connectivity index (χ1n) is 15.4. The summed E-state index contributed by atoms with van der Waals surface area (Å²) in [5.74, 6) is 1.58. The van der Waals surface area contributed by atoms with Crippen LogP contribution in [0.5, 0.6) is 16.6 Å². The molecule has 1 atom stereocenters. The van der Waals surface area contributed by atoms with Gasteiger partial charge >= 0.3 is 6.03 Å². The summed E-state index contributed by atoms with van der Waals surface area (Å²) in [4.78, 5) is 32.1. The molecule has 2 aromatic carbocycles. The van der Waals surface area contributed by atoms with E-state index in [1.807, 2.05) is 32.0 Å². The lowest BCUT2D eigenvalue weighted by molar-refractivity contribution is 0.102. The molecule has 10 nitrogen and oxygen atoms in total. The van der Waals surface area contributed by atoms with E-state index in [1.54, 1.807) is 37.6 Å². The lowest BCUT2D eigenvalue weighted by atomic mass is 9.98. The summed E-state index contributed by atoms with van der Waals surface area (Å²) in [7, 11) is 1.60. The van der Waals surface area contributed by atoms with Gasteiger partial charge in [-0.15, -0.1) is 0 Å². The zero-order chi connectivity index (χ0) is 31.5. The SMILES string of the molecule is CCC(CC)NC(=O)Nc1ccc(Oc2cnc(NC(=O)c3ccc(OCC4CCCN(C(C)C)C4)cc3)s2)c(COC)c1. The Bertz CT molecular complexity index is 1360. The summed E-state index contributed by atoms with van der Waals surface area (Å²) >= 11 is 1.22. The predicted octanol–water partition coefficient (Wildman–Crippen LogP) is 7.14. The van der Waals surface area contributed by atoms with E-state index >= 15 is 0 Å². The number of methoxy groups -OCH3 is 1. The van der Waals surface area contributed by atoms with Crippen molar-refractivity contribution >= 4 is 34.1 Å². The van der Waals surface area contributed by atoms with E-state index < -0.39 is 0 Å². The summed E-state index contributed by atoms with van der Waals surface area (Å²) in [6.07, 6.45) is 5.67. The van der Waals surface area contributed by atoms with Gasteiger partial charge in [0.1, 0.15) is 11.5 Å². The third-order valence-electron chi connectivity index (χ3n) is 7.74. The maximum Gasteiger partial charge on any atom is 0.319 e. The van der Waals surface area contributed by atoms with Gasteiger partial charge in [0.25, 0.3) is 5.91 Å². The number of piperidine rings is 1. The highest BCUT2D eigenvalue weighted by atomic mass is 32.1. The van der Waals surface area contributed by atoms with E-state index in [9.17, 15) is 9.59 Å². The molecule has 1 aromatic heterocycles. The quantitative estimate of drug-likeness (QED) is 0.175. The number of ether oxygens (including phenoxy) is 3. The molecule has 11 heteroatoms. The number of likely N-dealkylation sites (tertiary alicyclic amines) is 1. The monoisotopic (exact) mass is 623 g/mol. The summed E-state index contributed by atoms with van der Waals surface area (Å²) in [5, 5.41) is 9.61. The molecule has 0 aliphatic carbocycles.